The molecule has 22 heavy (non-hydrogen) atoms. The van der Waals surface area contributed by atoms with E-state index in [0.717, 1.165) is 31.2 Å². The van der Waals surface area contributed by atoms with E-state index < -0.39 is 0 Å². The van der Waals surface area contributed by atoms with Crippen LogP contribution in [0.3, 0.4) is 0 Å². The quantitative estimate of drug-likeness (QED) is 0.714. The lowest BCUT2D eigenvalue weighted by Crippen LogP contribution is -2.05. The third-order valence-corrected chi connectivity index (χ3v) is 3.78. The Labute approximate surface area is 133 Å². The van der Waals surface area contributed by atoms with Crippen LogP contribution in [0.5, 0.6) is 0 Å². The zero-order chi connectivity index (χ0) is 15.5. The number of imidazole rings is 2. The van der Waals surface area contributed by atoms with Crippen molar-refractivity contribution >= 4 is 11.6 Å². The highest BCUT2D eigenvalue weighted by molar-refractivity contribution is 6.30. The smallest absolute Gasteiger partial charge is 0.140 e. The molecule has 0 amide bonds. The summed E-state index contributed by atoms with van der Waals surface area (Å²) in [6.45, 7) is 3.66. The van der Waals surface area contributed by atoms with Crippen LogP contribution in [0.2, 0.25) is 5.02 Å². The third kappa shape index (κ3) is 3.20. The standard InChI is InChI=1S/C16H16ClFN4/c1-12-19-3-7-21(12)5-2-6-22-8-4-20-16(22)13-9-14(17)11-15(18)10-13/h3-4,7-11H,2,5-6H2,1H3. The SMILES string of the molecule is Cc1nccn1CCCn1ccnc1-c1cc(F)cc(Cl)c1. The van der Waals surface area contributed by atoms with E-state index in [2.05, 4.69) is 14.5 Å². The van der Waals surface area contributed by atoms with Crippen LogP contribution in [-0.2, 0) is 13.1 Å². The van der Waals surface area contributed by atoms with Crippen LogP contribution in [0.1, 0.15) is 12.2 Å². The van der Waals surface area contributed by atoms with E-state index in [1.54, 1.807) is 18.5 Å². The van der Waals surface area contributed by atoms with Gasteiger partial charge in [0.2, 0.25) is 0 Å². The predicted octanol–water partition coefficient (Wildman–Crippen LogP) is 3.94. The summed E-state index contributed by atoms with van der Waals surface area (Å²) >= 11 is 5.92. The highest BCUT2D eigenvalue weighted by atomic mass is 35.5. The zero-order valence-electron chi connectivity index (χ0n) is 12.2. The summed E-state index contributed by atoms with van der Waals surface area (Å²) in [6.07, 6.45) is 8.32. The largest absolute Gasteiger partial charge is 0.335 e. The van der Waals surface area contributed by atoms with Crippen molar-refractivity contribution in [3.63, 3.8) is 0 Å². The van der Waals surface area contributed by atoms with Gasteiger partial charge in [0.05, 0.1) is 0 Å². The van der Waals surface area contributed by atoms with E-state index in [1.807, 2.05) is 23.9 Å². The van der Waals surface area contributed by atoms with Crippen LogP contribution in [0.4, 0.5) is 4.39 Å². The highest BCUT2D eigenvalue weighted by Gasteiger charge is 2.08. The third-order valence-electron chi connectivity index (χ3n) is 3.56. The van der Waals surface area contributed by atoms with Gasteiger partial charge in [0.25, 0.3) is 0 Å². The van der Waals surface area contributed by atoms with Crippen molar-refractivity contribution in [2.24, 2.45) is 0 Å². The number of rotatable bonds is 5. The molecule has 2 aromatic heterocycles. The topological polar surface area (TPSA) is 35.6 Å². The minimum atomic E-state index is -0.355. The molecule has 0 unspecified atom stereocenters. The number of hydrogen-bond donors (Lipinski definition) is 0. The molecular weight excluding hydrogens is 303 g/mol. The predicted molar refractivity (Wildman–Crippen MR) is 84.2 cm³/mol. The van der Waals surface area contributed by atoms with Crippen molar-refractivity contribution in [2.45, 2.75) is 26.4 Å². The number of aryl methyl sites for hydroxylation is 3. The maximum absolute atomic E-state index is 13.5. The van der Waals surface area contributed by atoms with Gasteiger partial charge in [-0.25, -0.2) is 14.4 Å². The first kappa shape index (κ1) is 14.8. The first-order valence-corrected chi connectivity index (χ1v) is 7.46. The van der Waals surface area contributed by atoms with Crippen LogP contribution < -0.4 is 0 Å². The highest BCUT2D eigenvalue weighted by Crippen LogP contribution is 2.23. The Kier molecular flexibility index (Phi) is 4.24. The van der Waals surface area contributed by atoms with Gasteiger partial charge in [-0.05, 0) is 31.5 Å². The molecule has 0 N–H and O–H groups in total. The summed E-state index contributed by atoms with van der Waals surface area (Å²) in [6, 6.07) is 4.47. The van der Waals surface area contributed by atoms with Crippen LogP contribution in [0, 0.1) is 12.7 Å². The van der Waals surface area contributed by atoms with Crippen molar-refractivity contribution in [1.29, 1.82) is 0 Å². The van der Waals surface area contributed by atoms with E-state index >= 15 is 0 Å². The van der Waals surface area contributed by atoms with Crippen LogP contribution in [0.25, 0.3) is 11.4 Å². The lowest BCUT2D eigenvalue weighted by atomic mass is 10.2. The molecule has 4 nitrogen and oxygen atoms in total. The zero-order valence-corrected chi connectivity index (χ0v) is 13.0. The molecule has 0 fully saturated rings. The first-order valence-electron chi connectivity index (χ1n) is 7.09. The van der Waals surface area contributed by atoms with Gasteiger partial charge in [0.1, 0.15) is 17.5 Å². The number of benzene rings is 1. The summed E-state index contributed by atoms with van der Waals surface area (Å²) in [7, 11) is 0. The summed E-state index contributed by atoms with van der Waals surface area (Å²) in [5.74, 6) is 1.37. The van der Waals surface area contributed by atoms with Gasteiger partial charge in [0.15, 0.2) is 0 Å². The van der Waals surface area contributed by atoms with Gasteiger partial charge in [-0.3, -0.25) is 0 Å². The van der Waals surface area contributed by atoms with Gasteiger partial charge in [-0.15, -0.1) is 0 Å². The van der Waals surface area contributed by atoms with Crippen molar-refractivity contribution in [1.82, 2.24) is 19.1 Å². The summed E-state index contributed by atoms with van der Waals surface area (Å²) < 4.78 is 17.6. The van der Waals surface area contributed by atoms with Crippen LogP contribution >= 0.6 is 11.6 Å². The summed E-state index contributed by atoms with van der Waals surface area (Å²) in [5.41, 5.74) is 0.689. The molecule has 6 heteroatoms. The van der Waals surface area contributed by atoms with Crippen LogP contribution in [-0.4, -0.2) is 19.1 Å². The van der Waals surface area contributed by atoms with Gasteiger partial charge < -0.3 is 9.13 Å². The van der Waals surface area contributed by atoms with E-state index in [4.69, 9.17) is 11.6 Å². The fraction of sp³-hybridized carbons (Fsp3) is 0.250. The summed E-state index contributed by atoms with van der Waals surface area (Å²) in [5, 5.41) is 0.374. The molecule has 0 saturated carbocycles. The maximum atomic E-state index is 13.5. The van der Waals surface area contributed by atoms with Gasteiger partial charge >= 0.3 is 0 Å². The van der Waals surface area contributed by atoms with E-state index in [9.17, 15) is 4.39 Å². The Morgan fingerprint density at radius 3 is 2.50 bits per heavy atom. The fourth-order valence-electron chi connectivity index (χ4n) is 2.48. The monoisotopic (exact) mass is 318 g/mol. The molecule has 0 aliphatic carbocycles. The van der Waals surface area contributed by atoms with Crippen molar-refractivity contribution in [3.05, 3.63) is 59.7 Å². The second-order valence-corrected chi connectivity index (χ2v) is 5.56. The normalized spacial score (nSPS) is 11.0. The average Bonchev–Trinajstić information content (AvgIpc) is 3.07. The second-order valence-electron chi connectivity index (χ2n) is 5.12. The van der Waals surface area contributed by atoms with Crippen molar-refractivity contribution < 1.29 is 4.39 Å². The number of hydrogen-bond acceptors (Lipinski definition) is 2. The average molecular weight is 319 g/mol. The Hall–Kier alpha value is -2.14. The van der Waals surface area contributed by atoms with Crippen LogP contribution in [0.15, 0.2) is 43.0 Å². The minimum Gasteiger partial charge on any atom is -0.335 e. The molecule has 0 aliphatic rings. The minimum absolute atomic E-state index is 0.355. The second kappa shape index (κ2) is 6.32. The Morgan fingerprint density at radius 1 is 1.05 bits per heavy atom. The summed E-state index contributed by atoms with van der Waals surface area (Å²) in [4.78, 5) is 8.52. The lowest BCUT2D eigenvalue weighted by molar-refractivity contribution is 0.557. The molecular formula is C16H16ClFN4. The van der Waals surface area contributed by atoms with Crippen molar-refractivity contribution in [3.8, 4) is 11.4 Å². The molecule has 0 atom stereocenters. The maximum Gasteiger partial charge on any atom is 0.140 e. The van der Waals surface area contributed by atoms with Gasteiger partial charge in [0, 0.05) is 48.5 Å². The van der Waals surface area contributed by atoms with Gasteiger partial charge in [-0.2, -0.15) is 0 Å². The molecule has 3 aromatic rings. The van der Waals surface area contributed by atoms with Crippen molar-refractivity contribution in [2.75, 3.05) is 0 Å². The number of halogens is 2. The molecule has 0 saturated heterocycles. The van der Waals surface area contributed by atoms with Gasteiger partial charge in [-0.1, -0.05) is 11.6 Å². The molecule has 3 rings (SSSR count). The first-order chi connectivity index (χ1) is 10.6. The molecule has 0 radical (unpaired) electrons. The molecule has 1 aromatic carbocycles. The molecule has 0 aliphatic heterocycles. The molecule has 0 bridgehead atoms. The molecule has 2 heterocycles. The molecule has 0 spiro atoms. The van der Waals surface area contributed by atoms with E-state index in [-0.39, 0.29) is 5.82 Å². The number of aromatic nitrogens is 4. The Balaban J connectivity index is 1.73. The van der Waals surface area contributed by atoms with E-state index in [0.29, 0.717) is 10.6 Å². The fourth-order valence-corrected chi connectivity index (χ4v) is 2.71. The lowest BCUT2D eigenvalue weighted by Gasteiger charge is -2.09. The van der Waals surface area contributed by atoms with E-state index in [1.165, 1.54) is 12.1 Å². The Bertz CT molecular complexity index is 758. The number of nitrogens with zero attached hydrogens (tertiary/aromatic N) is 4. The Morgan fingerprint density at radius 2 is 1.77 bits per heavy atom. The molecule has 114 valence electrons.